The van der Waals surface area contributed by atoms with E-state index < -0.39 is 15.8 Å². The second kappa shape index (κ2) is 4.89. The van der Waals surface area contributed by atoms with Gasteiger partial charge in [-0.15, -0.1) is 0 Å². The number of ether oxygens (including phenoxy) is 1. The molecule has 2 aromatic carbocycles. The molecule has 21 heavy (non-hydrogen) atoms. The second-order valence-corrected chi connectivity index (χ2v) is 6.70. The number of carbonyl (C=O) groups is 1. The fourth-order valence-corrected chi connectivity index (χ4v) is 3.90. The molecule has 0 amide bonds. The molecular weight excluding hydrogens is 290 g/mol. The SMILES string of the molecule is COC(=O)c1ccc2c(c1)S(=O)(=O)Cc1ccccc1N2. The fourth-order valence-electron chi connectivity index (χ4n) is 2.32. The van der Waals surface area contributed by atoms with Crippen LogP contribution in [0.4, 0.5) is 11.4 Å². The van der Waals surface area contributed by atoms with Crippen molar-refractivity contribution in [1.82, 2.24) is 0 Å². The lowest BCUT2D eigenvalue weighted by Crippen LogP contribution is -2.07. The summed E-state index contributed by atoms with van der Waals surface area (Å²) in [6.45, 7) is 0. The van der Waals surface area contributed by atoms with Gasteiger partial charge in [0.05, 0.1) is 29.0 Å². The molecule has 1 N–H and O–H groups in total. The second-order valence-electron chi connectivity index (χ2n) is 4.74. The first-order chi connectivity index (χ1) is 10.0. The summed E-state index contributed by atoms with van der Waals surface area (Å²) in [6, 6.07) is 11.7. The number of para-hydroxylation sites is 1. The van der Waals surface area contributed by atoms with Crippen LogP contribution in [0, 0.1) is 0 Å². The quantitative estimate of drug-likeness (QED) is 0.819. The highest BCUT2D eigenvalue weighted by Gasteiger charge is 2.26. The van der Waals surface area contributed by atoms with Gasteiger partial charge in [0.25, 0.3) is 0 Å². The van der Waals surface area contributed by atoms with E-state index in [0.717, 1.165) is 5.69 Å². The Balaban J connectivity index is 2.19. The average molecular weight is 303 g/mol. The molecule has 0 spiro atoms. The van der Waals surface area contributed by atoms with Crippen molar-refractivity contribution in [3.05, 3.63) is 53.6 Å². The van der Waals surface area contributed by atoms with Gasteiger partial charge in [0.2, 0.25) is 0 Å². The van der Waals surface area contributed by atoms with E-state index in [1.165, 1.54) is 13.2 Å². The molecule has 0 fully saturated rings. The van der Waals surface area contributed by atoms with Crippen LogP contribution in [-0.4, -0.2) is 21.5 Å². The van der Waals surface area contributed by atoms with E-state index in [0.29, 0.717) is 11.3 Å². The number of carbonyl (C=O) groups excluding carboxylic acids is 1. The zero-order chi connectivity index (χ0) is 15.0. The molecule has 0 saturated carbocycles. The lowest BCUT2D eigenvalue weighted by molar-refractivity contribution is 0.0600. The summed E-state index contributed by atoms with van der Waals surface area (Å²) >= 11 is 0. The van der Waals surface area contributed by atoms with Gasteiger partial charge in [0.15, 0.2) is 9.84 Å². The van der Waals surface area contributed by atoms with Crippen LogP contribution in [-0.2, 0) is 20.3 Å². The van der Waals surface area contributed by atoms with Gasteiger partial charge in [-0.3, -0.25) is 0 Å². The monoisotopic (exact) mass is 303 g/mol. The number of hydrogen-bond donors (Lipinski definition) is 1. The predicted octanol–water partition coefficient (Wildman–Crippen LogP) is 2.50. The molecule has 1 aliphatic heterocycles. The number of sulfone groups is 1. The number of anilines is 2. The zero-order valence-corrected chi connectivity index (χ0v) is 12.1. The van der Waals surface area contributed by atoms with Gasteiger partial charge in [0.1, 0.15) is 0 Å². The Hall–Kier alpha value is -2.34. The Bertz CT molecular complexity index is 827. The van der Waals surface area contributed by atoms with Crippen LogP contribution in [0.3, 0.4) is 0 Å². The van der Waals surface area contributed by atoms with Gasteiger partial charge in [0, 0.05) is 5.69 Å². The Morgan fingerprint density at radius 2 is 1.90 bits per heavy atom. The largest absolute Gasteiger partial charge is 0.465 e. The zero-order valence-electron chi connectivity index (χ0n) is 11.3. The molecule has 5 nitrogen and oxygen atoms in total. The summed E-state index contributed by atoms with van der Waals surface area (Å²) < 4.78 is 29.7. The summed E-state index contributed by atoms with van der Waals surface area (Å²) in [5.41, 5.74) is 2.14. The standard InChI is InChI=1S/C15H13NO4S/c1-20-15(17)10-6-7-13-14(8-10)21(18,19)9-11-4-2-3-5-12(11)16-13/h2-8,16H,9H2,1H3. The molecule has 0 bridgehead atoms. The van der Waals surface area contributed by atoms with E-state index >= 15 is 0 Å². The first kappa shape index (κ1) is 13.6. The highest BCUT2D eigenvalue weighted by molar-refractivity contribution is 7.90. The maximum absolute atomic E-state index is 12.5. The molecule has 6 heteroatoms. The van der Waals surface area contributed by atoms with Crippen molar-refractivity contribution in [3.8, 4) is 0 Å². The van der Waals surface area contributed by atoms with E-state index in [2.05, 4.69) is 10.1 Å². The number of methoxy groups -OCH3 is 1. The maximum atomic E-state index is 12.5. The highest BCUT2D eigenvalue weighted by Crippen LogP contribution is 2.34. The van der Waals surface area contributed by atoms with E-state index in [-0.39, 0.29) is 16.2 Å². The summed E-state index contributed by atoms with van der Waals surface area (Å²) in [4.78, 5) is 11.7. The van der Waals surface area contributed by atoms with Crippen LogP contribution < -0.4 is 5.32 Å². The highest BCUT2D eigenvalue weighted by atomic mass is 32.2. The average Bonchev–Trinajstić information content (AvgIpc) is 2.59. The molecule has 0 aromatic heterocycles. The molecule has 0 saturated heterocycles. The van der Waals surface area contributed by atoms with Crippen LogP contribution in [0.25, 0.3) is 0 Å². The summed E-state index contributed by atoms with van der Waals surface area (Å²) in [7, 11) is -2.27. The van der Waals surface area contributed by atoms with Crippen molar-refractivity contribution < 1.29 is 17.9 Å². The fraction of sp³-hybridized carbons (Fsp3) is 0.133. The molecule has 2 aromatic rings. The third kappa shape index (κ3) is 2.38. The van der Waals surface area contributed by atoms with E-state index in [4.69, 9.17) is 0 Å². The number of esters is 1. The van der Waals surface area contributed by atoms with E-state index in [9.17, 15) is 13.2 Å². The predicted molar refractivity (Wildman–Crippen MR) is 78.4 cm³/mol. The van der Waals surface area contributed by atoms with Gasteiger partial charge >= 0.3 is 5.97 Å². The lowest BCUT2D eigenvalue weighted by Gasteiger charge is -2.09. The maximum Gasteiger partial charge on any atom is 0.337 e. The topological polar surface area (TPSA) is 72.5 Å². The minimum atomic E-state index is -3.53. The van der Waals surface area contributed by atoms with Crippen molar-refractivity contribution >= 4 is 27.2 Å². The third-order valence-electron chi connectivity index (χ3n) is 3.37. The molecule has 1 aliphatic rings. The van der Waals surface area contributed by atoms with E-state index in [1.807, 2.05) is 12.1 Å². The van der Waals surface area contributed by atoms with Crippen LogP contribution in [0.15, 0.2) is 47.4 Å². The molecule has 108 valence electrons. The van der Waals surface area contributed by atoms with Gasteiger partial charge in [-0.05, 0) is 29.8 Å². The number of benzene rings is 2. The number of nitrogens with one attached hydrogen (secondary N) is 1. The summed E-state index contributed by atoms with van der Waals surface area (Å²) in [5, 5.41) is 3.11. The first-order valence-electron chi connectivity index (χ1n) is 6.31. The van der Waals surface area contributed by atoms with Crippen LogP contribution in [0.5, 0.6) is 0 Å². The Labute approximate surface area is 122 Å². The van der Waals surface area contributed by atoms with Crippen molar-refractivity contribution in [1.29, 1.82) is 0 Å². The van der Waals surface area contributed by atoms with Gasteiger partial charge in [-0.25, -0.2) is 13.2 Å². The molecule has 3 rings (SSSR count). The van der Waals surface area contributed by atoms with Gasteiger partial charge in [-0.1, -0.05) is 18.2 Å². The number of fused-ring (bicyclic) bond motifs is 2. The van der Waals surface area contributed by atoms with Crippen molar-refractivity contribution in [2.24, 2.45) is 0 Å². The summed E-state index contributed by atoms with van der Waals surface area (Å²) in [5.74, 6) is -0.664. The minimum absolute atomic E-state index is 0.103. The van der Waals surface area contributed by atoms with Crippen molar-refractivity contribution in [3.63, 3.8) is 0 Å². The molecule has 0 unspecified atom stereocenters. The van der Waals surface area contributed by atoms with E-state index in [1.54, 1.807) is 24.3 Å². The Morgan fingerprint density at radius 1 is 1.14 bits per heavy atom. The molecular formula is C15H13NO4S. The normalized spacial score (nSPS) is 15.1. The number of hydrogen-bond acceptors (Lipinski definition) is 5. The third-order valence-corrected chi connectivity index (χ3v) is 5.07. The van der Waals surface area contributed by atoms with Crippen LogP contribution >= 0.6 is 0 Å². The lowest BCUT2D eigenvalue weighted by atomic mass is 10.1. The number of rotatable bonds is 1. The molecule has 0 atom stereocenters. The molecule has 1 heterocycles. The summed E-state index contributed by atoms with van der Waals surface area (Å²) in [6.07, 6.45) is 0. The Morgan fingerprint density at radius 3 is 2.67 bits per heavy atom. The Kier molecular flexibility index (Phi) is 3.17. The van der Waals surface area contributed by atoms with Gasteiger partial charge in [-0.2, -0.15) is 0 Å². The minimum Gasteiger partial charge on any atom is -0.465 e. The van der Waals surface area contributed by atoms with Crippen molar-refractivity contribution in [2.45, 2.75) is 10.6 Å². The first-order valence-corrected chi connectivity index (χ1v) is 7.96. The molecule has 0 aliphatic carbocycles. The molecule has 0 radical (unpaired) electrons. The smallest absolute Gasteiger partial charge is 0.337 e. The van der Waals surface area contributed by atoms with Crippen LogP contribution in [0.1, 0.15) is 15.9 Å². The van der Waals surface area contributed by atoms with Crippen molar-refractivity contribution in [2.75, 3.05) is 12.4 Å². The van der Waals surface area contributed by atoms with Crippen LogP contribution in [0.2, 0.25) is 0 Å². The van der Waals surface area contributed by atoms with Gasteiger partial charge < -0.3 is 10.1 Å².